The van der Waals surface area contributed by atoms with Crippen LogP contribution in [0.4, 0.5) is 5.69 Å². The molecular formula is C14H17NO4. The van der Waals surface area contributed by atoms with Gasteiger partial charge in [0.2, 0.25) is 6.79 Å². The van der Waals surface area contributed by atoms with Gasteiger partial charge in [0.25, 0.3) is 0 Å². The number of hydrogen-bond acceptors (Lipinski definition) is 4. The van der Waals surface area contributed by atoms with E-state index in [0.717, 1.165) is 17.2 Å². The molecule has 5 heteroatoms. The van der Waals surface area contributed by atoms with Crippen LogP contribution in [0.15, 0.2) is 18.2 Å². The molecule has 0 radical (unpaired) electrons. The maximum absolute atomic E-state index is 11.2. The van der Waals surface area contributed by atoms with Gasteiger partial charge in [0.15, 0.2) is 11.5 Å². The Hall–Kier alpha value is -1.91. The van der Waals surface area contributed by atoms with Crippen molar-refractivity contribution in [2.45, 2.75) is 25.8 Å². The van der Waals surface area contributed by atoms with Crippen LogP contribution in [0.25, 0.3) is 0 Å². The number of fused-ring (bicyclic) bond motifs is 1. The molecule has 1 aromatic rings. The normalized spacial score (nSPS) is 23.7. The fraction of sp³-hybridized carbons (Fsp3) is 0.500. The fourth-order valence-corrected chi connectivity index (χ4v) is 2.92. The average molecular weight is 263 g/mol. The lowest BCUT2D eigenvalue weighted by atomic mass is 9.96. The summed E-state index contributed by atoms with van der Waals surface area (Å²) in [7, 11) is 0. The largest absolute Gasteiger partial charge is 0.481 e. The second-order valence-electron chi connectivity index (χ2n) is 5.70. The summed E-state index contributed by atoms with van der Waals surface area (Å²) in [6.45, 7) is 4.92. The molecule has 0 aliphatic carbocycles. The molecule has 1 N–H and O–H groups in total. The van der Waals surface area contributed by atoms with E-state index in [1.54, 1.807) is 0 Å². The number of nitrogens with zero attached hydrogens (tertiary/aromatic N) is 1. The van der Waals surface area contributed by atoms with Crippen molar-refractivity contribution in [2.75, 3.05) is 18.2 Å². The molecular weight excluding hydrogens is 246 g/mol. The number of carboxylic acids is 1. The van der Waals surface area contributed by atoms with Crippen LogP contribution in [-0.2, 0) is 4.79 Å². The summed E-state index contributed by atoms with van der Waals surface area (Å²) in [4.78, 5) is 13.3. The van der Waals surface area contributed by atoms with Gasteiger partial charge in [-0.05, 0) is 32.4 Å². The van der Waals surface area contributed by atoms with Crippen molar-refractivity contribution in [3.63, 3.8) is 0 Å². The molecule has 2 aliphatic rings. The van der Waals surface area contributed by atoms with Gasteiger partial charge in [0.05, 0.1) is 5.92 Å². The van der Waals surface area contributed by atoms with E-state index in [9.17, 15) is 9.90 Å². The van der Waals surface area contributed by atoms with Gasteiger partial charge in [-0.1, -0.05) is 0 Å². The van der Waals surface area contributed by atoms with Crippen molar-refractivity contribution >= 4 is 11.7 Å². The van der Waals surface area contributed by atoms with Crippen molar-refractivity contribution in [1.29, 1.82) is 0 Å². The SMILES string of the molecule is CC1(C)CC(C(=O)O)CN1c1ccc2c(c1)OCO2. The van der Waals surface area contributed by atoms with Gasteiger partial charge in [-0.2, -0.15) is 0 Å². The van der Waals surface area contributed by atoms with E-state index in [2.05, 4.69) is 18.7 Å². The van der Waals surface area contributed by atoms with Crippen LogP contribution < -0.4 is 14.4 Å². The Labute approximate surface area is 111 Å². The monoisotopic (exact) mass is 263 g/mol. The van der Waals surface area contributed by atoms with Gasteiger partial charge in [-0.25, -0.2) is 0 Å². The van der Waals surface area contributed by atoms with Crippen molar-refractivity contribution in [3.05, 3.63) is 18.2 Å². The maximum Gasteiger partial charge on any atom is 0.308 e. The van der Waals surface area contributed by atoms with Gasteiger partial charge in [-0.3, -0.25) is 4.79 Å². The Balaban J connectivity index is 1.91. The second-order valence-corrected chi connectivity index (χ2v) is 5.70. The molecule has 0 amide bonds. The topological polar surface area (TPSA) is 59.0 Å². The molecule has 5 nitrogen and oxygen atoms in total. The summed E-state index contributed by atoms with van der Waals surface area (Å²) >= 11 is 0. The number of ether oxygens (including phenoxy) is 2. The Morgan fingerprint density at radius 2 is 2.11 bits per heavy atom. The number of hydrogen-bond donors (Lipinski definition) is 1. The first-order valence-corrected chi connectivity index (χ1v) is 6.37. The van der Waals surface area contributed by atoms with Gasteiger partial charge < -0.3 is 19.5 Å². The summed E-state index contributed by atoms with van der Waals surface area (Å²) < 4.78 is 10.7. The van der Waals surface area contributed by atoms with Crippen LogP contribution in [0, 0.1) is 5.92 Å². The number of carbonyl (C=O) groups is 1. The Bertz CT molecular complexity index is 526. The maximum atomic E-state index is 11.2. The highest BCUT2D eigenvalue weighted by Gasteiger charge is 2.41. The quantitative estimate of drug-likeness (QED) is 0.885. The summed E-state index contributed by atoms with van der Waals surface area (Å²) in [6, 6.07) is 5.76. The van der Waals surface area contributed by atoms with Gasteiger partial charge in [0.1, 0.15) is 0 Å². The third kappa shape index (κ3) is 1.99. The molecule has 2 aliphatic heterocycles. The van der Waals surface area contributed by atoms with Crippen LogP contribution in [0.2, 0.25) is 0 Å². The van der Waals surface area contributed by atoms with E-state index in [4.69, 9.17) is 9.47 Å². The van der Waals surface area contributed by atoms with Crippen molar-refractivity contribution in [1.82, 2.24) is 0 Å². The molecule has 102 valence electrons. The van der Waals surface area contributed by atoms with Crippen LogP contribution in [-0.4, -0.2) is 30.0 Å². The number of aliphatic carboxylic acids is 1. The number of benzene rings is 1. The molecule has 1 fully saturated rings. The summed E-state index contributed by atoms with van der Waals surface area (Å²) in [5, 5.41) is 9.19. The molecule has 19 heavy (non-hydrogen) atoms. The van der Waals surface area contributed by atoms with E-state index in [1.165, 1.54) is 0 Å². The summed E-state index contributed by atoms with van der Waals surface area (Å²) in [5.74, 6) is 0.430. The van der Waals surface area contributed by atoms with Crippen LogP contribution >= 0.6 is 0 Å². The molecule has 3 rings (SSSR count). The van der Waals surface area contributed by atoms with Crippen molar-refractivity contribution in [2.24, 2.45) is 5.92 Å². The molecule has 1 unspecified atom stereocenters. The third-order valence-electron chi connectivity index (χ3n) is 3.90. The predicted octanol–water partition coefficient (Wildman–Crippen LogP) is 2.10. The predicted molar refractivity (Wildman–Crippen MR) is 69.7 cm³/mol. The Kier molecular flexibility index (Phi) is 2.59. The highest BCUT2D eigenvalue weighted by atomic mass is 16.7. The highest BCUT2D eigenvalue weighted by Crippen LogP contribution is 2.41. The van der Waals surface area contributed by atoms with Crippen LogP contribution in [0.3, 0.4) is 0 Å². The zero-order valence-electron chi connectivity index (χ0n) is 11.0. The fourth-order valence-electron chi connectivity index (χ4n) is 2.92. The zero-order chi connectivity index (χ0) is 13.6. The molecule has 0 spiro atoms. The molecule has 0 aromatic heterocycles. The lowest BCUT2D eigenvalue weighted by Crippen LogP contribution is -2.38. The first kappa shape index (κ1) is 12.1. The van der Waals surface area contributed by atoms with E-state index < -0.39 is 5.97 Å². The van der Waals surface area contributed by atoms with E-state index in [-0.39, 0.29) is 18.2 Å². The lowest BCUT2D eigenvalue weighted by Gasteiger charge is -2.33. The highest BCUT2D eigenvalue weighted by molar-refractivity contribution is 5.73. The van der Waals surface area contributed by atoms with Crippen LogP contribution in [0.1, 0.15) is 20.3 Å². The first-order chi connectivity index (χ1) is 8.97. The lowest BCUT2D eigenvalue weighted by molar-refractivity contribution is -0.141. The number of rotatable bonds is 2. The van der Waals surface area contributed by atoms with E-state index in [0.29, 0.717) is 13.0 Å². The first-order valence-electron chi connectivity index (χ1n) is 6.37. The van der Waals surface area contributed by atoms with Crippen LogP contribution in [0.5, 0.6) is 11.5 Å². The summed E-state index contributed by atoms with van der Waals surface area (Å²) in [6.07, 6.45) is 0.650. The molecule has 2 heterocycles. The standard InChI is InChI=1S/C14H17NO4/c1-14(2)6-9(13(16)17)7-15(14)10-3-4-11-12(5-10)19-8-18-11/h3-5,9H,6-8H2,1-2H3,(H,16,17). The van der Waals surface area contributed by atoms with Crippen molar-refractivity contribution in [3.8, 4) is 11.5 Å². The van der Waals surface area contributed by atoms with Gasteiger partial charge in [0, 0.05) is 23.8 Å². The average Bonchev–Trinajstić information content (AvgIpc) is 2.91. The summed E-state index contributed by atoms with van der Waals surface area (Å²) in [5.41, 5.74) is 0.814. The second kappa shape index (κ2) is 4.05. The van der Waals surface area contributed by atoms with Crippen molar-refractivity contribution < 1.29 is 19.4 Å². The molecule has 1 atom stereocenters. The molecule has 1 aromatic carbocycles. The molecule has 0 bridgehead atoms. The number of carboxylic acid groups (broad SMARTS) is 1. The van der Waals surface area contributed by atoms with E-state index >= 15 is 0 Å². The smallest absolute Gasteiger partial charge is 0.308 e. The van der Waals surface area contributed by atoms with Gasteiger partial charge in [-0.15, -0.1) is 0 Å². The Morgan fingerprint density at radius 1 is 1.37 bits per heavy atom. The van der Waals surface area contributed by atoms with Gasteiger partial charge >= 0.3 is 5.97 Å². The minimum absolute atomic E-state index is 0.170. The van der Waals surface area contributed by atoms with E-state index in [1.807, 2.05) is 18.2 Å². The zero-order valence-corrected chi connectivity index (χ0v) is 11.0. The minimum Gasteiger partial charge on any atom is -0.481 e. The number of anilines is 1. The third-order valence-corrected chi connectivity index (χ3v) is 3.90. The molecule has 0 saturated carbocycles. The Morgan fingerprint density at radius 3 is 2.79 bits per heavy atom. The minimum atomic E-state index is -0.726. The molecule has 1 saturated heterocycles.